The Bertz CT molecular complexity index is 966. The van der Waals surface area contributed by atoms with Gasteiger partial charge in [0, 0.05) is 42.9 Å². The summed E-state index contributed by atoms with van der Waals surface area (Å²) in [5.74, 6) is 0.864. The molecular weight excluding hydrogens is 334 g/mol. The number of piperidine rings is 1. The smallest absolute Gasteiger partial charge is 0.269 e. The number of fused-ring (bicyclic) bond motifs is 1. The lowest BCUT2D eigenvalue weighted by Crippen LogP contribution is -2.39. The SMILES string of the molecule is O=C(c1ccc([N+](=O)[O-])cc1)N1CCC[C@H](c2nnc3ccccn23)C1. The summed E-state index contributed by atoms with van der Waals surface area (Å²) in [5, 5.41) is 19.3. The number of aromatic nitrogens is 3. The molecular formula is C18H17N5O3. The molecule has 3 aromatic rings. The van der Waals surface area contributed by atoms with Crippen molar-refractivity contribution >= 4 is 17.2 Å². The molecule has 1 aliphatic rings. The zero-order chi connectivity index (χ0) is 18.1. The van der Waals surface area contributed by atoms with Crippen molar-refractivity contribution in [3.05, 3.63) is 70.2 Å². The molecule has 1 atom stereocenters. The van der Waals surface area contributed by atoms with Crippen LogP contribution in [0.5, 0.6) is 0 Å². The van der Waals surface area contributed by atoms with E-state index in [0.29, 0.717) is 18.7 Å². The van der Waals surface area contributed by atoms with Crippen molar-refractivity contribution in [2.75, 3.05) is 13.1 Å². The first-order valence-electron chi connectivity index (χ1n) is 8.47. The molecule has 0 bridgehead atoms. The van der Waals surface area contributed by atoms with Gasteiger partial charge in [0.2, 0.25) is 0 Å². The summed E-state index contributed by atoms with van der Waals surface area (Å²) in [6.07, 6.45) is 3.76. The molecule has 0 N–H and O–H groups in total. The second-order valence-corrected chi connectivity index (χ2v) is 6.38. The first-order valence-corrected chi connectivity index (χ1v) is 8.47. The molecule has 8 nitrogen and oxygen atoms in total. The summed E-state index contributed by atoms with van der Waals surface area (Å²) in [6.45, 7) is 1.23. The number of carbonyl (C=O) groups is 1. The van der Waals surface area contributed by atoms with E-state index >= 15 is 0 Å². The van der Waals surface area contributed by atoms with Gasteiger partial charge >= 0.3 is 0 Å². The molecule has 1 amide bonds. The van der Waals surface area contributed by atoms with Gasteiger partial charge in [0.05, 0.1) is 4.92 Å². The Morgan fingerprint density at radius 3 is 2.73 bits per heavy atom. The van der Waals surface area contributed by atoms with Crippen LogP contribution in [0.3, 0.4) is 0 Å². The lowest BCUT2D eigenvalue weighted by Gasteiger charge is -2.32. The Balaban J connectivity index is 1.54. The summed E-state index contributed by atoms with van der Waals surface area (Å²) < 4.78 is 1.96. The Kier molecular flexibility index (Phi) is 4.08. The first-order chi connectivity index (χ1) is 12.6. The lowest BCUT2D eigenvalue weighted by molar-refractivity contribution is -0.384. The molecule has 0 spiro atoms. The molecule has 0 saturated carbocycles. The minimum Gasteiger partial charge on any atom is -0.338 e. The fourth-order valence-corrected chi connectivity index (χ4v) is 3.42. The molecule has 0 radical (unpaired) electrons. The van der Waals surface area contributed by atoms with Gasteiger partial charge in [-0.1, -0.05) is 6.07 Å². The predicted molar refractivity (Wildman–Crippen MR) is 94.0 cm³/mol. The number of hydrogen-bond donors (Lipinski definition) is 0. The van der Waals surface area contributed by atoms with E-state index in [4.69, 9.17) is 0 Å². The highest BCUT2D eigenvalue weighted by Gasteiger charge is 2.28. The Morgan fingerprint density at radius 1 is 1.15 bits per heavy atom. The van der Waals surface area contributed by atoms with Gasteiger partial charge in [0.1, 0.15) is 5.82 Å². The summed E-state index contributed by atoms with van der Waals surface area (Å²) >= 11 is 0. The van der Waals surface area contributed by atoms with E-state index in [-0.39, 0.29) is 17.5 Å². The predicted octanol–water partition coefficient (Wildman–Crippen LogP) is 2.66. The molecule has 8 heteroatoms. The number of amides is 1. The van der Waals surface area contributed by atoms with Gasteiger partial charge in [0.15, 0.2) is 5.65 Å². The number of likely N-dealkylation sites (tertiary alicyclic amines) is 1. The normalized spacial score (nSPS) is 17.4. The van der Waals surface area contributed by atoms with Crippen LogP contribution in [0, 0.1) is 10.1 Å². The van der Waals surface area contributed by atoms with Crippen LogP contribution in [0.2, 0.25) is 0 Å². The van der Waals surface area contributed by atoms with E-state index in [1.54, 1.807) is 4.90 Å². The summed E-state index contributed by atoms with van der Waals surface area (Å²) in [5.41, 5.74) is 1.23. The molecule has 26 heavy (non-hydrogen) atoms. The molecule has 1 aliphatic heterocycles. The number of benzene rings is 1. The van der Waals surface area contributed by atoms with E-state index in [9.17, 15) is 14.9 Å². The highest BCUT2D eigenvalue weighted by molar-refractivity contribution is 5.94. The number of carbonyl (C=O) groups excluding carboxylic acids is 1. The molecule has 0 unspecified atom stereocenters. The van der Waals surface area contributed by atoms with E-state index in [0.717, 1.165) is 24.3 Å². The number of nitro benzene ring substituents is 1. The average molecular weight is 351 g/mol. The van der Waals surface area contributed by atoms with Crippen LogP contribution in [0.15, 0.2) is 48.7 Å². The first kappa shape index (κ1) is 16.2. The molecule has 132 valence electrons. The third-order valence-electron chi connectivity index (χ3n) is 4.74. The number of rotatable bonds is 3. The van der Waals surface area contributed by atoms with Crippen LogP contribution in [0.1, 0.15) is 34.9 Å². The quantitative estimate of drug-likeness (QED) is 0.534. The van der Waals surface area contributed by atoms with E-state index in [2.05, 4.69) is 10.2 Å². The maximum Gasteiger partial charge on any atom is 0.269 e. The maximum atomic E-state index is 12.8. The van der Waals surface area contributed by atoms with Crippen LogP contribution in [0.4, 0.5) is 5.69 Å². The van der Waals surface area contributed by atoms with Crippen LogP contribution in [0.25, 0.3) is 5.65 Å². The minimum atomic E-state index is -0.471. The lowest BCUT2D eigenvalue weighted by atomic mass is 9.96. The van der Waals surface area contributed by atoms with Gasteiger partial charge in [-0.25, -0.2) is 0 Å². The third-order valence-corrected chi connectivity index (χ3v) is 4.74. The number of nitrogens with zero attached hydrogens (tertiary/aromatic N) is 5. The van der Waals surface area contributed by atoms with E-state index in [1.807, 2.05) is 28.8 Å². The summed E-state index contributed by atoms with van der Waals surface area (Å²) in [4.78, 5) is 24.9. The largest absolute Gasteiger partial charge is 0.338 e. The fourth-order valence-electron chi connectivity index (χ4n) is 3.42. The highest BCUT2D eigenvalue weighted by Crippen LogP contribution is 2.27. The molecule has 1 fully saturated rings. The van der Waals surface area contributed by atoms with Gasteiger partial charge < -0.3 is 4.90 Å². The number of pyridine rings is 1. The molecule has 2 aromatic heterocycles. The minimum absolute atomic E-state index is 0.0204. The zero-order valence-electron chi connectivity index (χ0n) is 14.0. The third kappa shape index (κ3) is 2.90. The number of non-ortho nitro benzene ring substituents is 1. The van der Waals surface area contributed by atoms with Crippen molar-refractivity contribution in [2.24, 2.45) is 0 Å². The van der Waals surface area contributed by atoms with E-state index in [1.165, 1.54) is 24.3 Å². The van der Waals surface area contributed by atoms with Crippen LogP contribution < -0.4 is 0 Å². The number of nitro groups is 1. The van der Waals surface area contributed by atoms with Crippen molar-refractivity contribution in [1.82, 2.24) is 19.5 Å². The Hall–Kier alpha value is -3.29. The molecule has 3 heterocycles. The highest BCUT2D eigenvalue weighted by atomic mass is 16.6. The summed E-state index contributed by atoms with van der Waals surface area (Å²) in [6, 6.07) is 11.5. The molecule has 0 aliphatic carbocycles. The van der Waals surface area contributed by atoms with Gasteiger partial charge in [-0.3, -0.25) is 19.3 Å². The second-order valence-electron chi connectivity index (χ2n) is 6.38. The van der Waals surface area contributed by atoms with Crippen LogP contribution in [-0.4, -0.2) is 43.4 Å². The second kappa shape index (κ2) is 6.55. The maximum absolute atomic E-state index is 12.8. The van der Waals surface area contributed by atoms with Crippen molar-refractivity contribution in [2.45, 2.75) is 18.8 Å². The monoisotopic (exact) mass is 351 g/mol. The standard InChI is InChI=1S/C18H17N5O3/c24-18(13-6-8-15(9-7-13)23(25)26)21-10-3-4-14(12-21)17-20-19-16-5-1-2-11-22(16)17/h1-2,5-9,11,14H,3-4,10,12H2/t14-/m0/s1. The van der Waals surface area contributed by atoms with Gasteiger partial charge in [-0.15, -0.1) is 10.2 Å². The van der Waals surface area contributed by atoms with Crippen molar-refractivity contribution in [1.29, 1.82) is 0 Å². The molecule has 1 aromatic carbocycles. The molecule has 4 rings (SSSR count). The van der Waals surface area contributed by atoms with Crippen molar-refractivity contribution < 1.29 is 9.72 Å². The van der Waals surface area contributed by atoms with Crippen molar-refractivity contribution in [3.63, 3.8) is 0 Å². The molecule has 1 saturated heterocycles. The van der Waals surface area contributed by atoms with E-state index < -0.39 is 4.92 Å². The number of hydrogen-bond acceptors (Lipinski definition) is 5. The van der Waals surface area contributed by atoms with Crippen molar-refractivity contribution in [3.8, 4) is 0 Å². The van der Waals surface area contributed by atoms with Gasteiger partial charge in [-0.05, 0) is 37.1 Å². The zero-order valence-corrected chi connectivity index (χ0v) is 14.0. The Labute approximate surface area is 149 Å². The van der Waals surface area contributed by atoms with Crippen LogP contribution in [-0.2, 0) is 0 Å². The Morgan fingerprint density at radius 2 is 1.96 bits per heavy atom. The van der Waals surface area contributed by atoms with Gasteiger partial charge in [0.25, 0.3) is 11.6 Å². The average Bonchev–Trinajstić information content (AvgIpc) is 3.12. The fraction of sp³-hybridized carbons (Fsp3) is 0.278. The topological polar surface area (TPSA) is 93.6 Å². The van der Waals surface area contributed by atoms with Crippen LogP contribution >= 0.6 is 0 Å². The van der Waals surface area contributed by atoms with Gasteiger partial charge in [-0.2, -0.15) is 0 Å². The summed E-state index contributed by atoms with van der Waals surface area (Å²) in [7, 11) is 0.